The quantitative estimate of drug-likeness (QED) is 0.211. The lowest BCUT2D eigenvalue weighted by atomic mass is 10.1. The Morgan fingerprint density at radius 2 is 1.82 bits per heavy atom. The Morgan fingerprint density at radius 3 is 2.54 bits per heavy atom. The number of fused-ring (bicyclic) bond motifs is 2. The number of anilines is 2. The highest BCUT2D eigenvalue weighted by Crippen LogP contribution is 2.56. The molecule has 1 aliphatic rings. The van der Waals surface area contributed by atoms with Gasteiger partial charge in [-0.1, -0.05) is 42.8 Å². The Kier molecular flexibility index (Phi) is 6.84. The Morgan fingerprint density at radius 1 is 1.08 bits per heavy atom. The number of hydrogen-bond acceptors (Lipinski definition) is 9. The first-order chi connectivity index (χ1) is 18.5. The maximum Gasteiger partial charge on any atom is 0.267 e. The highest BCUT2D eigenvalue weighted by Gasteiger charge is 2.31. The number of rotatable bonds is 7. The van der Waals surface area contributed by atoms with Gasteiger partial charge in [0, 0.05) is 12.7 Å². The summed E-state index contributed by atoms with van der Waals surface area (Å²) in [5.74, 6) is -0.307. The summed E-state index contributed by atoms with van der Waals surface area (Å²) in [5, 5.41) is 14.3. The van der Waals surface area contributed by atoms with E-state index in [-0.39, 0.29) is 38.3 Å². The fourth-order valence-electron chi connectivity index (χ4n) is 4.24. The van der Waals surface area contributed by atoms with E-state index in [1.807, 2.05) is 13.8 Å². The van der Waals surface area contributed by atoms with E-state index in [2.05, 4.69) is 19.4 Å². The van der Waals surface area contributed by atoms with E-state index in [9.17, 15) is 27.4 Å². The van der Waals surface area contributed by atoms with Crippen molar-refractivity contribution >= 4 is 49.0 Å². The zero-order valence-corrected chi connectivity index (χ0v) is 22.7. The molecule has 11 nitrogen and oxygen atoms in total. The molecule has 2 aromatic carbocycles. The third-order valence-electron chi connectivity index (χ3n) is 6.21. The smallest absolute Gasteiger partial charge is 0.267 e. The second kappa shape index (κ2) is 10.0. The predicted molar refractivity (Wildman–Crippen MR) is 152 cm³/mol. The molecule has 3 heterocycles. The molecule has 0 fully saturated rings. The van der Waals surface area contributed by atoms with Crippen LogP contribution in [0.15, 0.2) is 85.8 Å². The summed E-state index contributed by atoms with van der Waals surface area (Å²) in [7, 11) is -7.81. The molecule has 0 atom stereocenters. The highest BCUT2D eigenvalue weighted by atomic mass is 32.3. The van der Waals surface area contributed by atoms with Crippen molar-refractivity contribution in [2.75, 3.05) is 10.0 Å². The van der Waals surface area contributed by atoms with E-state index in [1.165, 1.54) is 41.1 Å². The third kappa shape index (κ3) is 5.08. The topological polar surface area (TPSA) is 166 Å². The van der Waals surface area contributed by atoms with Gasteiger partial charge < -0.3 is 10.4 Å². The molecule has 0 saturated heterocycles. The Balaban J connectivity index is 1.57. The van der Waals surface area contributed by atoms with Gasteiger partial charge in [0.15, 0.2) is 5.84 Å². The third-order valence-corrected chi connectivity index (χ3v) is 8.98. The number of benzene rings is 2. The molecule has 5 N–H and O–H groups in total. The minimum Gasteiger partial charge on any atom is -0.506 e. The summed E-state index contributed by atoms with van der Waals surface area (Å²) in [6.07, 6.45) is 2.20. The molecule has 0 aliphatic carbocycles. The molecule has 1 aliphatic heterocycles. The van der Waals surface area contributed by atoms with E-state index in [4.69, 9.17) is 0 Å². The lowest BCUT2D eigenvalue weighted by Gasteiger charge is -2.34. The maximum absolute atomic E-state index is 13.6. The molecule has 0 amide bonds. The van der Waals surface area contributed by atoms with Crippen LogP contribution in [0.1, 0.15) is 25.8 Å². The van der Waals surface area contributed by atoms with Crippen LogP contribution in [0.2, 0.25) is 0 Å². The Hall–Kier alpha value is -3.91. The average molecular weight is 570 g/mol. The van der Waals surface area contributed by atoms with Crippen LogP contribution in [0.5, 0.6) is 5.75 Å². The van der Waals surface area contributed by atoms with E-state index >= 15 is 0 Å². The summed E-state index contributed by atoms with van der Waals surface area (Å²) in [4.78, 5) is 17.9. The zero-order chi connectivity index (χ0) is 27.9. The summed E-state index contributed by atoms with van der Waals surface area (Å²) < 4.78 is 55.3. The molecule has 13 heteroatoms. The SMILES string of the molecule is CC(C)CCn1c(=O)c(C2=NS(O)(O)c3cc(NS(=O)(=O)c4ccccc4)ccc3N2)c(O)c2cccnc21. The fourth-order valence-corrected chi connectivity index (χ4v) is 6.50. The largest absolute Gasteiger partial charge is 0.506 e. The van der Waals surface area contributed by atoms with E-state index in [0.717, 1.165) is 0 Å². The van der Waals surface area contributed by atoms with Crippen LogP contribution in [-0.4, -0.2) is 38.0 Å². The van der Waals surface area contributed by atoms with Crippen LogP contribution in [-0.2, 0) is 16.6 Å². The van der Waals surface area contributed by atoms with Crippen molar-refractivity contribution in [1.82, 2.24) is 9.55 Å². The van der Waals surface area contributed by atoms with Crippen molar-refractivity contribution < 1.29 is 22.6 Å². The normalized spacial score (nSPS) is 15.4. The van der Waals surface area contributed by atoms with Crippen molar-refractivity contribution in [2.45, 2.75) is 36.6 Å². The molecular formula is C26H27N5O6S2. The number of hydrogen-bond donors (Lipinski definition) is 5. The first kappa shape index (κ1) is 26.7. The number of pyridine rings is 2. The zero-order valence-electron chi connectivity index (χ0n) is 21.1. The van der Waals surface area contributed by atoms with Crippen molar-refractivity contribution in [2.24, 2.45) is 10.3 Å². The average Bonchev–Trinajstić information content (AvgIpc) is 2.89. The molecule has 0 bridgehead atoms. The molecular weight excluding hydrogens is 542 g/mol. The standard InChI is InChI=1S/C26H27N5O6S2/c1-16(2)12-14-31-25-19(9-6-13-27-25)23(32)22(26(31)33)24-28-20-11-10-17(15-21(20)39(36,37)30-24)29-38(34,35)18-7-4-3-5-8-18/h3-11,13,15-16,29,32,36-37H,12,14H2,1-2H3,(H,28,30). The van der Waals surface area contributed by atoms with E-state index in [0.29, 0.717) is 29.9 Å². The van der Waals surface area contributed by atoms with Crippen LogP contribution in [0.25, 0.3) is 11.0 Å². The minimum absolute atomic E-state index is 0.0442. The van der Waals surface area contributed by atoms with Gasteiger partial charge >= 0.3 is 0 Å². The van der Waals surface area contributed by atoms with E-state index < -0.39 is 26.4 Å². The van der Waals surface area contributed by atoms with Crippen LogP contribution < -0.4 is 15.6 Å². The lowest BCUT2D eigenvalue weighted by molar-refractivity contribution is 0.473. The number of sulfonamides is 1. The second-order valence-electron chi connectivity index (χ2n) is 9.45. The van der Waals surface area contributed by atoms with Crippen molar-refractivity contribution in [3.63, 3.8) is 0 Å². The van der Waals surface area contributed by atoms with Gasteiger partial charge in [0.1, 0.15) is 21.9 Å². The van der Waals surface area contributed by atoms with Gasteiger partial charge in [0.2, 0.25) is 0 Å². The number of aromatic hydroxyl groups is 1. The maximum atomic E-state index is 13.6. The van der Waals surface area contributed by atoms with Crippen LogP contribution in [0.4, 0.5) is 11.4 Å². The van der Waals surface area contributed by atoms with Crippen LogP contribution in [0, 0.1) is 5.92 Å². The molecule has 5 rings (SSSR count). The van der Waals surface area contributed by atoms with Gasteiger partial charge in [-0.25, -0.2) is 13.4 Å². The molecule has 4 aromatic rings. The Labute approximate surface area is 226 Å². The monoisotopic (exact) mass is 569 g/mol. The van der Waals surface area contributed by atoms with Gasteiger partial charge in [-0.15, -0.1) is 4.40 Å². The number of nitrogens with zero attached hydrogens (tertiary/aromatic N) is 3. The van der Waals surface area contributed by atoms with Gasteiger partial charge in [-0.2, -0.15) is 0 Å². The van der Waals surface area contributed by atoms with Crippen molar-refractivity contribution in [3.8, 4) is 5.75 Å². The number of nitrogens with one attached hydrogen (secondary N) is 2. The summed E-state index contributed by atoms with van der Waals surface area (Å²) in [5.41, 5.74) is -0.214. The van der Waals surface area contributed by atoms with Crippen molar-refractivity contribution in [3.05, 3.63) is 82.8 Å². The van der Waals surface area contributed by atoms with Gasteiger partial charge in [0.05, 0.1) is 21.7 Å². The Bertz CT molecular complexity index is 1770. The molecule has 39 heavy (non-hydrogen) atoms. The molecule has 2 aromatic heterocycles. The molecule has 204 valence electrons. The van der Waals surface area contributed by atoms with Crippen LogP contribution >= 0.6 is 10.8 Å². The summed E-state index contributed by atoms with van der Waals surface area (Å²) in [6, 6.07) is 15.1. The van der Waals surface area contributed by atoms with E-state index in [1.54, 1.807) is 30.3 Å². The predicted octanol–water partition coefficient (Wildman–Crippen LogP) is 4.85. The molecule has 0 spiro atoms. The lowest BCUT2D eigenvalue weighted by Crippen LogP contribution is -2.32. The molecule has 0 saturated carbocycles. The number of aryl methyl sites for hydroxylation is 1. The highest BCUT2D eigenvalue weighted by molar-refractivity contribution is 8.23. The molecule has 0 unspecified atom stereocenters. The first-order valence-corrected chi connectivity index (χ1v) is 15.0. The van der Waals surface area contributed by atoms with Gasteiger partial charge in [-0.05, 0) is 54.8 Å². The summed E-state index contributed by atoms with van der Waals surface area (Å²) in [6.45, 7) is 4.38. The number of aromatic nitrogens is 2. The number of amidine groups is 1. The molecule has 0 radical (unpaired) electrons. The van der Waals surface area contributed by atoms with Gasteiger partial charge in [0.25, 0.3) is 15.6 Å². The van der Waals surface area contributed by atoms with Gasteiger partial charge in [-0.3, -0.25) is 23.2 Å². The second-order valence-corrected chi connectivity index (χ2v) is 12.8. The fraction of sp³-hybridized carbons (Fsp3) is 0.192. The summed E-state index contributed by atoms with van der Waals surface area (Å²) >= 11 is 0. The first-order valence-electron chi connectivity index (χ1n) is 12.1. The minimum atomic E-state index is -3.92. The van der Waals surface area contributed by atoms with Crippen molar-refractivity contribution in [1.29, 1.82) is 0 Å². The van der Waals surface area contributed by atoms with Crippen LogP contribution in [0.3, 0.4) is 0 Å².